The van der Waals surface area contributed by atoms with Crippen LogP contribution in [0.3, 0.4) is 0 Å². The highest BCUT2D eigenvalue weighted by molar-refractivity contribution is 7.46. The molecule has 0 radical (unpaired) electrons. The summed E-state index contributed by atoms with van der Waals surface area (Å²) >= 11 is 0. The van der Waals surface area contributed by atoms with Gasteiger partial charge in [0.15, 0.2) is 0 Å². The van der Waals surface area contributed by atoms with Gasteiger partial charge in [-0.2, -0.15) is 0 Å². The van der Waals surface area contributed by atoms with Crippen molar-refractivity contribution in [3.8, 4) is 0 Å². The number of amides is 1. The zero-order chi connectivity index (χ0) is 45.3. The number of allylic oxidation sites excluding steroid dienone is 1. The van der Waals surface area contributed by atoms with Gasteiger partial charge in [0.25, 0.3) is 0 Å². The Hall–Kier alpha value is -0.720. The van der Waals surface area contributed by atoms with Crippen molar-refractivity contribution in [3.05, 3.63) is 12.2 Å². The number of hydrogen-bond donors (Lipinski definition) is 4. The number of aliphatic hydroxyl groups excluding tert-OH is 1. The molecule has 0 aliphatic rings. The summed E-state index contributed by atoms with van der Waals surface area (Å²) in [6.45, 7) is 4.11. The first-order chi connectivity index (χ1) is 30.3. The first kappa shape index (κ1) is 61.3. The van der Waals surface area contributed by atoms with Gasteiger partial charge in [0.1, 0.15) is 0 Å². The van der Waals surface area contributed by atoms with Crippen molar-refractivity contribution in [1.82, 2.24) is 5.32 Å². The van der Waals surface area contributed by atoms with Gasteiger partial charge in [-0.15, -0.1) is 0 Å². The van der Waals surface area contributed by atoms with Crippen LogP contribution in [0.5, 0.6) is 0 Å². The Labute approximate surface area is 386 Å². The number of phosphoric ester groups is 1. The highest BCUT2D eigenvalue weighted by Gasteiger charge is 2.24. The Morgan fingerprint density at radius 2 is 0.710 bits per heavy atom. The lowest BCUT2D eigenvalue weighted by atomic mass is 10.0. The Kier molecular flexibility index (Phi) is 49.1. The molecule has 0 bridgehead atoms. The highest BCUT2D eigenvalue weighted by atomic mass is 31.2. The predicted octanol–water partition coefficient (Wildman–Crippen LogP) is 17.5. The summed E-state index contributed by atoms with van der Waals surface area (Å²) in [4.78, 5) is 31.0. The second-order valence-electron chi connectivity index (χ2n) is 19.3. The van der Waals surface area contributed by atoms with Crippen molar-refractivity contribution in [1.29, 1.82) is 0 Å². The van der Waals surface area contributed by atoms with E-state index in [1.54, 1.807) is 6.08 Å². The molecular formula is C54H108NO6P. The maximum atomic E-state index is 12.7. The topological polar surface area (TPSA) is 116 Å². The molecule has 0 unspecified atom stereocenters. The molecule has 8 heteroatoms. The molecule has 0 heterocycles. The molecule has 370 valence electrons. The van der Waals surface area contributed by atoms with Gasteiger partial charge >= 0.3 is 7.82 Å². The van der Waals surface area contributed by atoms with Crippen molar-refractivity contribution < 1.29 is 28.8 Å². The van der Waals surface area contributed by atoms with Crippen molar-refractivity contribution in [2.45, 2.75) is 321 Å². The zero-order valence-corrected chi connectivity index (χ0v) is 42.5. The van der Waals surface area contributed by atoms with Crippen LogP contribution in [0.2, 0.25) is 0 Å². The van der Waals surface area contributed by atoms with E-state index in [-0.39, 0.29) is 5.91 Å². The third-order valence-electron chi connectivity index (χ3n) is 13.0. The minimum absolute atomic E-state index is 0.219. The van der Waals surface area contributed by atoms with Crippen LogP contribution in [-0.4, -0.2) is 39.6 Å². The third-order valence-corrected chi connectivity index (χ3v) is 13.5. The van der Waals surface area contributed by atoms with Gasteiger partial charge in [0.05, 0.1) is 18.8 Å². The SMILES string of the molecule is CCCCCCCCCCCCCC/C=C/[C@@H](O)[C@H](COP(=O)(O)O)NC(=O)CCCCCCCCCCCCCCCCCCCCCCCCCCCCCCCCCC. The number of unbranched alkanes of at least 4 members (excludes halogenated alkanes) is 43. The molecule has 0 aromatic heterocycles. The van der Waals surface area contributed by atoms with Gasteiger partial charge in [0.2, 0.25) is 5.91 Å². The van der Waals surface area contributed by atoms with Gasteiger partial charge in [-0.1, -0.05) is 296 Å². The standard InChI is InChI=1S/C54H108NO6P/c1-3-5-7-9-11-13-15-17-19-20-21-22-23-24-25-26-27-28-29-30-31-32-33-34-35-36-38-40-42-44-46-48-50-54(57)55-52(51-61-62(58,59)60)53(56)49-47-45-43-41-39-37-18-16-14-12-10-8-6-4-2/h47,49,52-53,56H,3-46,48,50-51H2,1-2H3,(H,55,57)(H2,58,59,60)/b49-47+/t52-,53+/m0/s1. The molecular weight excluding hydrogens is 790 g/mol. The van der Waals surface area contributed by atoms with Gasteiger partial charge in [-0.05, 0) is 19.3 Å². The summed E-state index contributed by atoms with van der Waals surface area (Å²) < 4.78 is 16.0. The highest BCUT2D eigenvalue weighted by Crippen LogP contribution is 2.36. The van der Waals surface area contributed by atoms with E-state index in [1.807, 2.05) is 6.08 Å². The fourth-order valence-corrected chi connectivity index (χ4v) is 9.17. The van der Waals surface area contributed by atoms with Gasteiger partial charge in [0, 0.05) is 6.42 Å². The Morgan fingerprint density at radius 3 is 0.984 bits per heavy atom. The average Bonchev–Trinajstić information content (AvgIpc) is 3.25. The molecule has 0 spiro atoms. The maximum Gasteiger partial charge on any atom is 0.469 e. The Morgan fingerprint density at radius 1 is 0.452 bits per heavy atom. The molecule has 0 aliphatic heterocycles. The molecule has 1 amide bonds. The first-order valence-corrected chi connectivity index (χ1v) is 29.2. The lowest BCUT2D eigenvalue weighted by Crippen LogP contribution is -2.45. The number of hydrogen-bond acceptors (Lipinski definition) is 4. The summed E-state index contributed by atoms with van der Waals surface area (Å²) in [5, 5.41) is 13.5. The number of aliphatic hydroxyl groups is 1. The quantitative estimate of drug-likeness (QED) is 0.0275. The smallest absolute Gasteiger partial charge is 0.387 e. The first-order valence-electron chi connectivity index (χ1n) is 27.6. The second-order valence-corrected chi connectivity index (χ2v) is 20.5. The van der Waals surface area contributed by atoms with Crippen LogP contribution in [-0.2, 0) is 13.9 Å². The zero-order valence-electron chi connectivity index (χ0n) is 41.6. The van der Waals surface area contributed by atoms with Crippen LogP contribution in [0.4, 0.5) is 0 Å². The molecule has 0 aromatic rings. The van der Waals surface area contributed by atoms with E-state index in [1.165, 1.54) is 250 Å². The monoisotopic (exact) mass is 898 g/mol. The lowest BCUT2D eigenvalue weighted by Gasteiger charge is -2.22. The number of phosphoric acid groups is 1. The summed E-state index contributed by atoms with van der Waals surface area (Å²) in [5.41, 5.74) is 0. The van der Waals surface area contributed by atoms with E-state index in [0.717, 1.165) is 38.5 Å². The molecule has 0 saturated heterocycles. The predicted molar refractivity (Wildman–Crippen MR) is 269 cm³/mol. The van der Waals surface area contributed by atoms with E-state index in [4.69, 9.17) is 0 Å². The lowest BCUT2D eigenvalue weighted by molar-refractivity contribution is -0.123. The molecule has 0 aromatic carbocycles. The molecule has 0 rings (SSSR count). The van der Waals surface area contributed by atoms with E-state index in [2.05, 4.69) is 23.7 Å². The van der Waals surface area contributed by atoms with Crippen LogP contribution >= 0.6 is 7.82 Å². The van der Waals surface area contributed by atoms with E-state index < -0.39 is 26.6 Å². The van der Waals surface area contributed by atoms with Crippen molar-refractivity contribution in [2.24, 2.45) is 0 Å². The van der Waals surface area contributed by atoms with E-state index in [9.17, 15) is 24.3 Å². The molecule has 62 heavy (non-hydrogen) atoms. The number of nitrogens with one attached hydrogen (secondary N) is 1. The van der Waals surface area contributed by atoms with E-state index in [0.29, 0.717) is 6.42 Å². The fourth-order valence-electron chi connectivity index (χ4n) is 8.82. The van der Waals surface area contributed by atoms with Crippen molar-refractivity contribution >= 4 is 13.7 Å². The van der Waals surface area contributed by atoms with Gasteiger partial charge in [-0.25, -0.2) is 4.57 Å². The Bertz CT molecular complexity index is 973. The molecule has 0 saturated carbocycles. The number of carbonyl (C=O) groups excluding carboxylic acids is 1. The average molecular weight is 898 g/mol. The third kappa shape index (κ3) is 50.3. The minimum Gasteiger partial charge on any atom is -0.387 e. The number of rotatable bonds is 52. The van der Waals surface area contributed by atoms with Gasteiger partial charge < -0.3 is 20.2 Å². The van der Waals surface area contributed by atoms with Crippen LogP contribution in [0.15, 0.2) is 12.2 Å². The van der Waals surface area contributed by atoms with Crippen LogP contribution in [0.1, 0.15) is 309 Å². The van der Waals surface area contributed by atoms with Gasteiger partial charge in [-0.3, -0.25) is 9.32 Å². The summed E-state index contributed by atoms with van der Waals surface area (Å²) in [6, 6.07) is -0.906. The minimum atomic E-state index is -4.72. The summed E-state index contributed by atoms with van der Waals surface area (Å²) in [7, 11) is -4.72. The largest absolute Gasteiger partial charge is 0.469 e. The van der Waals surface area contributed by atoms with Crippen LogP contribution in [0, 0.1) is 0 Å². The van der Waals surface area contributed by atoms with Crippen molar-refractivity contribution in [3.63, 3.8) is 0 Å². The normalized spacial score (nSPS) is 13.0. The second kappa shape index (κ2) is 49.7. The maximum absolute atomic E-state index is 12.7. The fraction of sp³-hybridized carbons (Fsp3) is 0.944. The molecule has 0 aliphatic carbocycles. The Balaban J connectivity index is 3.65. The molecule has 7 nitrogen and oxygen atoms in total. The molecule has 2 atom stereocenters. The molecule has 0 fully saturated rings. The van der Waals surface area contributed by atoms with Crippen LogP contribution < -0.4 is 5.32 Å². The number of carbonyl (C=O) groups is 1. The van der Waals surface area contributed by atoms with Crippen LogP contribution in [0.25, 0.3) is 0 Å². The summed E-state index contributed by atoms with van der Waals surface area (Å²) in [6.07, 6.45) is 62.9. The molecule has 4 N–H and O–H groups in total. The van der Waals surface area contributed by atoms with Crippen molar-refractivity contribution in [2.75, 3.05) is 6.61 Å². The van der Waals surface area contributed by atoms with E-state index >= 15 is 0 Å². The summed E-state index contributed by atoms with van der Waals surface area (Å²) in [5.74, 6) is -0.219.